The van der Waals surface area contributed by atoms with E-state index in [1.165, 1.54) is 13.8 Å². The Morgan fingerprint density at radius 1 is 0.780 bits per heavy atom. The van der Waals surface area contributed by atoms with Gasteiger partial charge in [-0.2, -0.15) is 0 Å². The van der Waals surface area contributed by atoms with E-state index < -0.39 is 35.9 Å². The highest BCUT2D eigenvalue weighted by molar-refractivity contribution is 5.79. The van der Waals surface area contributed by atoms with E-state index in [1.807, 2.05) is 92.7 Å². The predicted molar refractivity (Wildman–Crippen MR) is 218 cm³/mol. The molecular formula is C45H61NO13. The molecule has 324 valence electrons. The van der Waals surface area contributed by atoms with Crippen LogP contribution in [0.5, 0.6) is 11.5 Å². The third kappa shape index (κ3) is 13.8. The van der Waals surface area contributed by atoms with E-state index in [-0.39, 0.29) is 76.4 Å². The number of Topliss-reactive ketones (excluding diaryl/α,β-unsaturated/α-hetero) is 1. The Morgan fingerprint density at radius 2 is 1.32 bits per heavy atom. The number of carbonyl (C=O) groups excluding carboxylic acids is 3. The van der Waals surface area contributed by atoms with E-state index >= 15 is 0 Å². The normalized spacial score (nSPS) is 19.7. The van der Waals surface area contributed by atoms with Crippen LogP contribution in [0.1, 0.15) is 57.2 Å². The van der Waals surface area contributed by atoms with Gasteiger partial charge in [0.1, 0.15) is 35.9 Å². The Balaban J connectivity index is 1.21. The summed E-state index contributed by atoms with van der Waals surface area (Å²) >= 11 is 0. The van der Waals surface area contributed by atoms with Crippen LogP contribution in [0.3, 0.4) is 0 Å². The second-order valence-electron chi connectivity index (χ2n) is 14.4. The molecule has 14 nitrogen and oxygen atoms in total. The molecule has 0 spiro atoms. The van der Waals surface area contributed by atoms with Crippen molar-refractivity contribution in [2.75, 3.05) is 73.7 Å². The lowest BCUT2D eigenvalue weighted by Crippen LogP contribution is -2.62. The number of ether oxygens (including phenoxy) is 9. The fourth-order valence-electron chi connectivity index (χ4n) is 7.17. The van der Waals surface area contributed by atoms with E-state index in [0.717, 1.165) is 16.7 Å². The summed E-state index contributed by atoms with van der Waals surface area (Å²) in [7, 11) is 3.23. The number of aliphatic hydroxyl groups excluding tert-OH is 1. The van der Waals surface area contributed by atoms with Gasteiger partial charge >= 0.3 is 5.97 Å². The topological polar surface area (TPSA) is 167 Å². The van der Waals surface area contributed by atoms with E-state index in [1.54, 1.807) is 14.2 Å². The average molecular weight is 824 g/mol. The number of carbonyl (C=O) groups is 3. The first kappa shape index (κ1) is 47.3. The highest BCUT2D eigenvalue weighted by Gasteiger charge is 2.46. The van der Waals surface area contributed by atoms with E-state index in [9.17, 15) is 19.5 Å². The molecule has 0 bridgehead atoms. The molecule has 0 aromatic heterocycles. The highest BCUT2D eigenvalue weighted by Crippen LogP contribution is 2.42. The lowest BCUT2D eigenvalue weighted by Gasteiger charge is -2.44. The minimum Gasteiger partial charge on any atom is -0.497 e. The molecule has 3 aromatic rings. The predicted octanol–water partition coefficient (Wildman–Crippen LogP) is 4.85. The molecular weight excluding hydrogens is 762 g/mol. The summed E-state index contributed by atoms with van der Waals surface area (Å²) in [5.74, 6) is -0.127. The minimum absolute atomic E-state index is 0.0589. The van der Waals surface area contributed by atoms with Crippen molar-refractivity contribution >= 4 is 17.7 Å². The largest absolute Gasteiger partial charge is 0.497 e. The maximum Gasteiger partial charge on any atom is 0.302 e. The average Bonchev–Trinajstić information content (AvgIpc) is 3.24. The van der Waals surface area contributed by atoms with Crippen LogP contribution in [0.15, 0.2) is 78.9 Å². The van der Waals surface area contributed by atoms with Crippen LogP contribution in [0.4, 0.5) is 0 Å². The van der Waals surface area contributed by atoms with Crippen molar-refractivity contribution in [2.24, 2.45) is 11.8 Å². The van der Waals surface area contributed by atoms with Crippen molar-refractivity contribution < 1.29 is 62.1 Å². The van der Waals surface area contributed by atoms with Crippen molar-refractivity contribution in [3.63, 3.8) is 0 Å². The first-order chi connectivity index (χ1) is 28.6. The van der Waals surface area contributed by atoms with Gasteiger partial charge in [0.15, 0.2) is 12.1 Å². The van der Waals surface area contributed by atoms with Gasteiger partial charge in [0.25, 0.3) is 0 Å². The monoisotopic (exact) mass is 823 g/mol. The van der Waals surface area contributed by atoms with Gasteiger partial charge in [0.2, 0.25) is 5.91 Å². The quantitative estimate of drug-likeness (QED) is 0.0642. The van der Waals surface area contributed by atoms with Gasteiger partial charge in [-0.05, 0) is 47.4 Å². The molecule has 1 aliphatic heterocycles. The molecule has 1 heterocycles. The van der Waals surface area contributed by atoms with Crippen LogP contribution in [-0.2, 0) is 53.1 Å². The Labute approximate surface area is 347 Å². The van der Waals surface area contributed by atoms with E-state index in [4.69, 9.17) is 42.6 Å². The van der Waals surface area contributed by atoms with Crippen LogP contribution in [0.2, 0.25) is 0 Å². The molecule has 1 fully saturated rings. The fraction of sp³-hybridized carbons (Fsp3) is 0.533. The van der Waals surface area contributed by atoms with Crippen LogP contribution < -0.4 is 14.8 Å². The number of nitrogens with one attached hydrogen (secondary N) is 1. The lowest BCUT2D eigenvalue weighted by atomic mass is 9.79. The van der Waals surface area contributed by atoms with Gasteiger partial charge in [-0.3, -0.25) is 14.4 Å². The summed E-state index contributed by atoms with van der Waals surface area (Å²) in [6.45, 7) is 7.79. The molecule has 6 atom stereocenters. The number of aliphatic hydroxyl groups is 1. The Kier molecular flexibility index (Phi) is 19.7. The maximum absolute atomic E-state index is 13.0. The first-order valence-electron chi connectivity index (χ1n) is 20.1. The molecule has 0 aliphatic carbocycles. The zero-order chi connectivity index (χ0) is 42.6. The summed E-state index contributed by atoms with van der Waals surface area (Å²) in [5, 5.41) is 13.2. The van der Waals surface area contributed by atoms with Gasteiger partial charge in [-0.15, -0.1) is 0 Å². The summed E-state index contributed by atoms with van der Waals surface area (Å²) in [6, 6.07) is 24.5. The Morgan fingerprint density at radius 3 is 1.83 bits per heavy atom. The Bertz CT molecular complexity index is 1640. The number of esters is 1. The molecule has 14 heteroatoms. The second-order valence-corrected chi connectivity index (χ2v) is 14.4. The van der Waals surface area contributed by atoms with Gasteiger partial charge in [-0.25, -0.2) is 0 Å². The van der Waals surface area contributed by atoms with E-state index in [0.29, 0.717) is 31.1 Å². The third-order valence-corrected chi connectivity index (χ3v) is 10.1. The van der Waals surface area contributed by atoms with Crippen molar-refractivity contribution in [3.8, 4) is 11.5 Å². The molecule has 2 N–H and O–H groups in total. The summed E-state index contributed by atoms with van der Waals surface area (Å²) < 4.78 is 52.2. The number of benzene rings is 3. The first-order valence-corrected chi connectivity index (χ1v) is 20.1. The number of methoxy groups -OCH3 is 2. The van der Waals surface area contributed by atoms with Gasteiger partial charge in [0.05, 0.1) is 66.6 Å². The van der Waals surface area contributed by atoms with Crippen molar-refractivity contribution in [3.05, 3.63) is 95.6 Å². The van der Waals surface area contributed by atoms with Crippen LogP contribution >= 0.6 is 0 Å². The summed E-state index contributed by atoms with van der Waals surface area (Å²) in [5.41, 5.74) is 1.50. The number of ketones is 1. The smallest absolute Gasteiger partial charge is 0.302 e. The molecule has 4 rings (SSSR count). The molecule has 0 unspecified atom stereocenters. The number of rotatable bonds is 26. The van der Waals surface area contributed by atoms with Gasteiger partial charge in [-0.1, -0.05) is 68.4 Å². The second kappa shape index (κ2) is 24.6. The van der Waals surface area contributed by atoms with Crippen LogP contribution in [0, 0.1) is 11.8 Å². The zero-order valence-electron chi connectivity index (χ0n) is 35.1. The van der Waals surface area contributed by atoms with Crippen molar-refractivity contribution in [1.29, 1.82) is 0 Å². The molecule has 1 amide bonds. The SMILES string of the molecule is CC[C@H]1O[C@@H](OCCOCCOCCOCC(=O)C[C@@H](CO)COC(c2ccccc2)(c2ccc(OC)cc2)c2ccc(OC)cc2)[C@H](NC(C)=O)[C@@H](OC(C)=O)[C@H]1C. The fourth-order valence-corrected chi connectivity index (χ4v) is 7.17. The minimum atomic E-state index is -1.07. The number of amides is 1. The molecule has 3 aromatic carbocycles. The molecule has 0 radical (unpaired) electrons. The van der Waals surface area contributed by atoms with Crippen LogP contribution in [0.25, 0.3) is 0 Å². The molecule has 0 saturated carbocycles. The van der Waals surface area contributed by atoms with Crippen LogP contribution in [-0.4, -0.2) is 121 Å². The summed E-state index contributed by atoms with van der Waals surface area (Å²) in [4.78, 5) is 36.7. The van der Waals surface area contributed by atoms with Crippen molar-refractivity contribution in [1.82, 2.24) is 5.32 Å². The number of hydrogen-bond donors (Lipinski definition) is 2. The Hall–Kier alpha value is -4.41. The third-order valence-electron chi connectivity index (χ3n) is 10.1. The zero-order valence-corrected chi connectivity index (χ0v) is 35.1. The summed E-state index contributed by atoms with van der Waals surface area (Å²) in [6.07, 6.45) is -0.884. The number of hydrogen-bond acceptors (Lipinski definition) is 13. The highest BCUT2D eigenvalue weighted by atomic mass is 16.7. The molecule has 59 heavy (non-hydrogen) atoms. The van der Waals surface area contributed by atoms with Gasteiger partial charge in [0, 0.05) is 38.7 Å². The van der Waals surface area contributed by atoms with Crippen molar-refractivity contribution in [2.45, 2.75) is 70.7 Å². The molecule has 1 aliphatic rings. The maximum atomic E-state index is 13.0. The van der Waals surface area contributed by atoms with Gasteiger partial charge < -0.3 is 53.1 Å². The lowest BCUT2D eigenvalue weighted by molar-refractivity contribution is -0.255. The molecule has 1 saturated heterocycles. The standard InChI is InChI=1S/C45H61NO13/c1-7-41-31(2)43(58-33(4)49)42(46-32(3)48)44(59-41)56-26-25-54-22-21-53-23-24-55-30-38(50)27-34(28-47)29-57-45(35-11-9-8-10-12-35,36-13-17-39(51-5)18-14-36)37-15-19-40(52-6)20-16-37/h8-20,31,34,41-44,47H,7,21-30H2,1-6H3,(H,46,48)/t31-,34-,41+,42+,43-,44+/m0/s1. The van der Waals surface area contributed by atoms with E-state index in [2.05, 4.69) is 5.32 Å².